The molecule has 5 nitrogen and oxygen atoms in total. The Hall–Kier alpha value is -1.59. The van der Waals surface area contributed by atoms with Crippen LogP contribution in [0.1, 0.15) is 36.4 Å². The number of carbonyl (C=O) groups is 1. The third-order valence-electron chi connectivity index (χ3n) is 5.74. The molecule has 1 saturated carbocycles. The largest absolute Gasteiger partial charge is 0.379 e. The molecule has 0 aromatic heterocycles. The van der Waals surface area contributed by atoms with E-state index in [4.69, 9.17) is 4.74 Å². The Balaban J connectivity index is 1.54. The predicted octanol–water partition coefficient (Wildman–Crippen LogP) is 1.97. The number of nitrogens with one attached hydrogen (secondary N) is 1. The molecule has 25 heavy (non-hydrogen) atoms. The van der Waals surface area contributed by atoms with Gasteiger partial charge in [-0.25, -0.2) is 0 Å². The summed E-state index contributed by atoms with van der Waals surface area (Å²) in [6.45, 7) is 5.25. The Kier molecular flexibility index (Phi) is 4.95. The molecule has 5 heteroatoms. The highest BCUT2D eigenvalue weighted by Crippen LogP contribution is 2.32. The van der Waals surface area contributed by atoms with Crippen molar-refractivity contribution in [2.75, 3.05) is 51.3 Å². The van der Waals surface area contributed by atoms with Gasteiger partial charge in [0, 0.05) is 44.8 Å². The minimum Gasteiger partial charge on any atom is -0.379 e. The number of nitrogens with zero attached hydrogens (tertiary/aromatic N) is 2. The number of anilines is 1. The molecule has 1 unspecified atom stereocenters. The van der Waals surface area contributed by atoms with Crippen LogP contribution in [0, 0.1) is 5.92 Å². The van der Waals surface area contributed by atoms with E-state index in [1.165, 1.54) is 23.2 Å². The monoisotopic (exact) mass is 343 g/mol. The van der Waals surface area contributed by atoms with Crippen LogP contribution in [0.2, 0.25) is 0 Å². The molecule has 1 saturated heterocycles. The molecule has 1 aromatic carbocycles. The van der Waals surface area contributed by atoms with Gasteiger partial charge in [0.25, 0.3) is 0 Å². The standard InChI is InChI=1S/C20H29N3O2/c1-22-8-2-3-16-13-17(6-7-18(16)22)19(23-9-11-25-12-10-23)14-21-20(24)15-4-5-15/h6-7,13,15,19H,2-5,8-12,14H2,1H3,(H,21,24). The fourth-order valence-electron chi connectivity index (χ4n) is 4.05. The van der Waals surface area contributed by atoms with Crippen molar-refractivity contribution in [1.29, 1.82) is 0 Å². The number of fused-ring (bicyclic) bond motifs is 1. The lowest BCUT2D eigenvalue weighted by Crippen LogP contribution is -2.44. The first-order valence-corrected chi connectivity index (χ1v) is 9.66. The Labute approximate surface area is 150 Å². The van der Waals surface area contributed by atoms with Crippen LogP contribution >= 0.6 is 0 Å². The fraction of sp³-hybridized carbons (Fsp3) is 0.650. The lowest BCUT2D eigenvalue weighted by Gasteiger charge is -2.36. The smallest absolute Gasteiger partial charge is 0.223 e. The van der Waals surface area contributed by atoms with Crippen LogP contribution in [0.5, 0.6) is 0 Å². The van der Waals surface area contributed by atoms with Crippen LogP contribution in [-0.2, 0) is 16.0 Å². The molecule has 1 aliphatic carbocycles. The zero-order valence-corrected chi connectivity index (χ0v) is 15.2. The van der Waals surface area contributed by atoms with Crippen molar-refractivity contribution in [3.63, 3.8) is 0 Å². The second-order valence-corrected chi connectivity index (χ2v) is 7.60. The highest BCUT2D eigenvalue weighted by atomic mass is 16.5. The average Bonchev–Trinajstić information content (AvgIpc) is 3.48. The van der Waals surface area contributed by atoms with Crippen molar-refractivity contribution in [1.82, 2.24) is 10.2 Å². The third-order valence-corrected chi connectivity index (χ3v) is 5.74. The maximum atomic E-state index is 12.1. The van der Waals surface area contributed by atoms with E-state index in [2.05, 4.69) is 40.4 Å². The summed E-state index contributed by atoms with van der Waals surface area (Å²) in [6, 6.07) is 7.13. The predicted molar refractivity (Wildman–Crippen MR) is 98.9 cm³/mol. The van der Waals surface area contributed by atoms with Gasteiger partial charge >= 0.3 is 0 Å². The molecular formula is C20H29N3O2. The lowest BCUT2D eigenvalue weighted by molar-refractivity contribution is -0.122. The van der Waals surface area contributed by atoms with Gasteiger partial charge in [-0.2, -0.15) is 0 Å². The van der Waals surface area contributed by atoms with Gasteiger partial charge in [0.2, 0.25) is 5.91 Å². The molecule has 1 atom stereocenters. The minimum atomic E-state index is 0.232. The summed E-state index contributed by atoms with van der Waals surface area (Å²) in [7, 11) is 2.17. The van der Waals surface area contributed by atoms with Crippen molar-refractivity contribution in [3.05, 3.63) is 29.3 Å². The van der Waals surface area contributed by atoms with E-state index in [0.29, 0.717) is 6.54 Å². The number of hydrogen-bond acceptors (Lipinski definition) is 4. The average molecular weight is 343 g/mol. The molecule has 1 aromatic rings. The number of aryl methyl sites for hydroxylation is 1. The number of amides is 1. The molecule has 0 radical (unpaired) electrons. The van der Waals surface area contributed by atoms with Crippen molar-refractivity contribution < 1.29 is 9.53 Å². The van der Waals surface area contributed by atoms with E-state index in [0.717, 1.165) is 52.1 Å². The highest BCUT2D eigenvalue weighted by molar-refractivity contribution is 5.80. The van der Waals surface area contributed by atoms with Crippen molar-refractivity contribution in [3.8, 4) is 0 Å². The number of hydrogen-bond donors (Lipinski definition) is 1. The maximum absolute atomic E-state index is 12.1. The van der Waals surface area contributed by atoms with Gasteiger partial charge in [-0.3, -0.25) is 9.69 Å². The van der Waals surface area contributed by atoms with Gasteiger partial charge in [-0.1, -0.05) is 12.1 Å². The van der Waals surface area contributed by atoms with Gasteiger partial charge in [0.1, 0.15) is 0 Å². The second kappa shape index (κ2) is 7.34. The van der Waals surface area contributed by atoms with Gasteiger partial charge in [-0.05, 0) is 42.9 Å². The molecule has 2 aliphatic heterocycles. The summed E-state index contributed by atoms with van der Waals surface area (Å²) >= 11 is 0. The maximum Gasteiger partial charge on any atom is 0.223 e. The van der Waals surface area contributed by atoms with E-state index in [1.54, 1.807) is 0 Å². The number of rotatable bonds is 5. The van der Waals surface area contributed by atoms with Crippen molar-refractivity contribution >= 4 is 11.6 Å². The molecule has 0 bridgehead atoms. The summed E-state index contributed by atoms with van der Waals surface area (Å²) in [5, 5.41) is 3.20. The molecule has 1 amide bonds. The molecule has 2 heterocycles. The van der Waals surface area contributed by atoms with Gasteiger partial charge in [0.05, 0.1) is 19.3 Å². The topological polar surface area (TPSA) is 44.8 Å². The summed E-state index contributed by atoms with van der Waals surface area (Å²) < 4.78 is 5.53. The van der Waals surface area contributed by atoms with Crippen molar-refractivity contribution in [2.45, 2.75) is 31.7 Å². The van der Waals surface area contributed by atoms with E-state index in [1.807, 2.05) is 0 Å². The van der Waals surface area contributed by atoms with E-state index in [9.17, 15) is 4.79 Å². The third kappa shape index (κ3) is 3.82. The van der Waals surface area contributed by atoms with Gasteiger partial charge < -0.3 is 15.0 Å². The normalized spacial score (nSPS) is 22.4. The number of carbonyl (C=O) groups excluding carboxylic acids is 1. The zero-order chi connectivity index (χ0) is 17.2. The van der Waals surface area contributed by atoms with Crippen LogP contribution in [0.25, 0.3) is 0 Å². The summed E-state index contributed by atoms with van der Waals surface area (Å²) in [5.74, 6) is 0.499. The molecule has 136 valence electrons. The lowest BCUT2D eigenvalue weighted by atomic mass is 9.95. The number of benzene rings is 1. The van der Waals surface area contributed by atoms with Gasteiger partial charge in [-0.15, -0.1) is 0 Å². The van der Waals surface area contributed by atoms with Crippen LogP contribution in [0.3, 0.4) is 0 Å². The summed E-state index contributed by atoms with van der Waals surface area (Å²) in [4.78, 5) is 17.0. The Morgan fingerprint density at radius 3 is 2.84 bits per heavy atom. The highest BCUT2D eigenvalue weighted by Gasteiger charge is 2.31. The first-order valence-electron chi connectivity index (χ1n) is 9.66. The number of morpholine rings is 1. The Bertz CT molecular complexity index is 623. The van der Waals surface area contributed by atoms with E-state index >= 15 is 0 Å². The Morgan fingerprint density at radius 2 is 2.08 bits per heavy atom. The van der Waals surface area contributed by atoms with Crippen LogP contribution in [-0.4, -0.2) is 57.2 Å². The molecule has 3 aliphatic rings. The first kappa shape index (κ1) is 16.9. The first-order chi connectivity index (χ1) is 12.2. The number of ether oxygens (including phenoxy) is 1. The quantitative estimate of drug-likeness (QED) is 0.888. The molecule has 1 N–H and O–H groups in total. The fourth-order valence-corrected chi connectivity index (χ4v) is 4.05. The van der Waals surface area contributed by atoms with Gasteiger partial charge in [0.15, 0.2) is 0 Å². The SMILES string of the molecule is CN1CCCc2cc(C(CNC(=O)C3CC3)N3CCOCC3)ccc21. The summed E-state index contributed by atoms with van der Waals surface area (Å²) in [5.41, 5.74) is 4.13. The molecular weight excluding hydrogens is 314 g/mol. The van der Waals surface area contributed by atoms with Crippen molar-refractivity contribution in [2.24, 2.45) is 5.92 Å². The second-order valence-electron chi connectivity index (χ2n) is 7.60. The molecule has 2 fully saturated rings. The van der Waals surface area contributed by atoms with Crippen LogP contribution in [0.4, 0.5) is 5.69 Å². The van der Waals surface area contributed by atoms with E-state index in [-0.39, 0.29) is 17.9 Å². The van der Waals surface area contributed by atoms with Crippen LogP contribution < -0.4 is 10.2 Å². The van der Waals surface area contributed by atoms with E-state index < -0.39 is 0 Å². The zero-order valence-electron chi connectivity index (χ0n) is 15.2. The summed E-state index contributed by atoms with van der Waals surface area (Å²) in [6.07, 6.45) is 4.48. The Morgan fingerprint density at radius 1 is 1.28 bits per heavy atom. The molecule has 0 spiro atoms. The minimum absolute atomic E-state index is 0.232. The molecule has 4 rings (SSSR count). The van der Waals surface area contributed by atoms with Crippen LogP contribution in [0.15, 0.2) is 18.2 Å².